The van der Waals surface area contributed by atoms with E-state index in [9.17, 15) is 14.4 Å². The number of ether oxygens (including phenoxy) is 3. The molecule has 0 bridgehead atoms. The monoisotopic (exact) mass is 401 g/mol. The number of nitrogens with zero attached hydrogens (tertiary/aromatic N) is 1. The molecule has 164 valence electrons. The highest BCUT2D eigenvalue weighted by Crippen LogP contribution is 2.09. The van der Waals surface area contributed by atoms with Crippen LogP contribution in [0.5, 0.6) is 0 Å². The quantitative estimate of drug-likeness (QED) is 0.265. The molecule has 0 saturated carbocycles. The summed E-state index contributed by atoms with van der Waals surface area (Å²) in [7, 11) is 3.91. The van der Waals surface area contributed by atoms with Crippen LogP contribution in [-0.4, -0.2) is 62.8 Å². The lowest BCUT2D eigenvalue weighted by Gasteiger charge is -2.15. The molecule has 7 nitrogen and oxygen atoms in total. The van der Waals surface area contributed by atoms with Crippen molar-refractivity contribution in [2.24, 2.45) is 0 Å². The summed E-state index contributed by atoms with van der Waals surface area (Å²) in [5.41, 5.74) is 0. The second-order valence-electron chi connectivity index (χ2n) is 6.04. The van der Waals surface area contributed by atoms with Crippen LogP contribution in [0.15, 0.2) is 24.3 Å². The first-order valence-corrected chi connectivity index (χ1v) is 8.72. The summed E-state index contributed by atoms with van der Waals surface area (Å²) in [6, 6.07) is 0. The average Bonchev–Trinajstić information content (AvgIpc) is 2.52. The average molecular weight is 402 g/mol. The molecule has 0 spiro atoms. The zero-order valence-electron chi connectivity index (χ0n) is 16.2. The molecule has 0 aromatic carbocycles. The fraction of sp³-hybridized carbons (Fsp3) is 0.667. The number of hydrogen-bond acceptors (Lipinski definition) is 7. The van der Waals surface area contributed by atoms with Crippen LogP contribution in [0.4, 0.5) is 0 Å². The third kappa shape index (κ3) is 21.9. The van der Waals surface area contributed by atoms with E-state index in [-0.39, 0.29) is 52.1 Å². The van der Waals surface area contributed by atoms with Crippen LogP contribution in [0.1, 0.15) is 54.4 Å². The van der Waals surface area contributed by atoms with E-state index in [4.69, 9.17) is 14.2 Å². The van der Waals surface area contributed by atoms with Crippen molar-refractivity contribution in [2.75, 3.05) is 33.9 Å². The Balaban J connectivity index is -0.00000312. The zero-order valence-corrected chi connectivity index (χ0v) is 16.2. The summed E-state index contributed by atoms with van der Waals surface area (Å²) in [6.45, 7) is 3.91. The van der Waals surface area contributed by atoms with E-state index < -0.39 is 0 Å². The van der Waals surface area contributed by atoms with Gasteiger partial charge >= 0.3 is 17.9 Å². The Hall–Kier alpha value is -2.15. The Kier molecular flexibility index (Phi) is 21.4. The SMILES string of the molecule is C.C.CC(=O)OC/C=C/CC(C/C=C/COC(C)=O)OC(=O)CCCN(C)C. The van der Waals surface area contributed by atoms with Crippen LogP contribution < -0.4 is 0 Å². The van der Waals surface area contributed by atoms with Gasteiger partial charge in [0.15, 0.2) is 0 Å². The third-order valence-corrected chi connectivity index (χ3v) is 3.18. The van der Waals surface area contributed by atoms with Crippen molar-refractivity contribution in [3.8, 4) is 0 Å². The van der Waals surface area contributed by atoms with Gasteiger partial charge in [0.1, 0.15) is 19.3 Å². The highest BCUT2D eigenvalue weighted by atomic mass is 16.5. The van der Waals surface area contributed by atoms with Gasteiger partial charge in [-0.05, 0) is 27.1 Å². The van der Waals surface area contributed by atoms with Gasteiger partial charge in [0.2, 0.25) is 0 Å². The molecule has 0 unspecified atom stereocenters. The lowest BCUT2D eigenvalue weighted by atomic mass is 10.1. The Morgan fingerprint density at radius 2 is 1.32 bits per heavy atom. The van der Waals surface area contributed by atoms with Gasteiger partial charge in [-0.1, -0.05) is 39.2 Å². The van der Waals surface area contributed by atoms with E-state index in [1.165, 1.54) is 13.8 Å². The van der Waals surface area contributed by atoms with E-state index >= 15 is 0 Å². The third-order valence-electron chi connectivity index (χ3n) is 3.18. The number of esters is 3. The summed E-state index contributed by atoms with van der Waals surface area (Å²) >= 11 is 0. The molecule has 0 aliphatic rings. The second kappa shape index (κ2) is 19.6. The van der Waals surface area contributed by atoms with Crippen molar-refractivity contribution in [2.45, 2.75) is 60.5 Å². The van der Waals surface area contributed by atoms with Crippen molar-refractivity contribution in [3.05, 3.63) is 24.3 Å². The molecular weight excluding hydrogens is 362 g/mol. The van der Waals surface area contributed by atoms with Gasteiger partial charge in [-0.3, -0.25) is 14.4 Å². The molecule has 7 heteroatoms. The minimum Gasteiger partial charge on any atom is -0.462 e. The summed E-state index contributed by atoms with van der Waals surface area (Å²) in [5.74, 6) is -0.919. The molecule has 0 N–H and O–H groups in total. The van der Waals surface area contributed by atoms with Crippen LogP contribution in [0.2, 0.25) is 0 Å². The number of rotatable bonds is 13. The van der Waals surface area contributed by atoms with Crippen LogP contribution in [-0.2, 0) is 28.6 Å². The van der Waals surface area contributed by atoms with Gasteiger partial charge in [0.25, 0.3) is 0 Å². The molecule has 0 radical (unpaired) electrons. The Morgan fingerprint density at radius 1 is 0.857 bits per heavy atom. The first-order valence-electron chi connectivity index (χ1n) is 8.72. The van der Waals surface area contributed by atoms with E-state index in [2.05, 4.69) is 0 Å². The molecule has 0 aromatic rings. The molecular formula is C21H39NO6. The van der Waals surface area contributed by atoms with Crippen molar-refractivity contribution >= 4 is 17.9 Å². The van der Waals surface area contributed by atoms with E-state index in [0.29, 0.717) is 19.3 Å². The highest BCUT2D eigenvalue weighted by Gasteiger charge is 2.12. The smallest absolute Gasteiger partial charge is 0.306 e. The number of carbonyl (C=O) groups is 3. The topological polar surface area (TPSA) is 82.1 Å². The molecule has 0 fully saturated rings. The Bertz CT molecular complexity index is 455. The second-order valence-corrected chi connectivity index (χ2v) is 6.04. The first kappa shape index (κ1) is 30.6. The summed E-state index contributed by atoms with van der Waals surface area (Å²) in [5, 5.41) is 0. The number of hydrogen-bond donors (Lipinski definition) is 0. The molecule has 0 amide bonds. The largest absolute Gasteiger partial charge is 0.462 e. The van der Waals surface area contributed by atoms with E-state index in [1.807, 2.05) is 31.1 Å². The van der Waals surface area contributed by atoms with Gasteiger partial charge in [-0.25, -0.2) is 0 Å². The number of carbonyl (C=O) groups excluding carboxylic acids is 3. The van der Waals surface area contributed by atoms with Gasteiger partial charge < -0.3 is 19.1 Å². The van der Waals surface area contributed by atoms with Crippen molar-refractivity contribution in [1.29, 1.82) is 0 Å². The summed E-state index contributed by atoms with van der Waals surface area (Å²) < 4.78 is 15.1. The lowest BCUT2D eigenvalue weighted by Crippen LogP contribution is -2.19. The maximum Gasteiger partial charge on any atom is 0.306 e. The molecule has 0 aliphatic heterocycles. The normalized spacial score (nSPS) is 10.6. The van der Waals surface area contributed by atoms with E-state index in [1.54, 1.807) is 12.2 Å². The standard InChI is InChI=1S/C19H31NO6.2CH4/c1-16(21)24-14-7-5-10-18(11-6-8-15-25-17(2)22)26-19(23)12-9-13-20(3)4;;/h5-8,18H,9-15H2,1-4H3;2*1H4/b7-5+,8-6+;;. The molecule has 28 heavy (non-hydrogen) atoms. The molecule has 0 atom stereocenters. The van der Waals surface area contributed by atoms with E-state index in [0.717, 1.165) is 13.0 Å². The van der Waals surface area contributed by atoms with Crippen molar-refractivity contribution in [1.82, 2.24) is 4.90 Å². The Morgan fingerprint density at radius 3 is 1.71 bits per heavy atom. The summed E-state index contributed by atoms with van der Waals surface area (Å²) in [4.78, 5) is 35.4. The molecule has 0 heterocycles. The maximum atomic E-state index is 12.0. The van der Waals surface area contributed by atoms with Gasteiger partial charge in [-0.2, -0.15) is 0 Å². The highest BCUT2D eigenvalue weighted by molar-refractivity contribution is 5.69. The molecule has 0 saturated heterocycles. The molecule has 0 aliphatic carbocycles. The van der Waals surface area contributed by atoms with Crippen molar-refractivity contribution < 1.29 is 28.6 Å². The fourth-order valence-electron chi connectivity index (χ4n) is 1.94. The molecule has 0 rings (SSSR count). The maximum absolute atomic E-state index is 12.0. The minimum absolute atomic E-state index is 0. The lowest BCUT2D eigenvalue weighted by molar-refractivity contribution is -0.149. The minimum atomic E-state index is -0.341. The fourth-order valence-corrected chi connectivity index (χ4v) is 1.94. The van der Waals surface area contributed by atoms with Crippen LogP contribution in [0.3, 0.4) is 0 Å². The van der Waals surface area contributed by atoms with Gasteiger partial charge in [0.05, 0.1) is 0 Å². The van der Waals surface area contributed by atoms with Gasteiger partial charge in [0, 0.05) is 33.1 Å². The first-order chi connectivity index (χ1) is 12.3. The van der Waals surface area contributed by atoms with Crippen molar-refractivity contribution in [3.63, 3.8) is 0 Å². The summed E-state index contributed by atoms with van der Waals surface area (Å²) in [6.07, 6.45) is 8.89. The predicted molar refractivity (Wildman–Crippen MR) is 112 cm³/mol. The predicted octanol–water partition coefficient (Wildman–Crippen LogP) is 3.53. The van der Waals surface area contributed by atoms with Gasteiger partial charge in [-0.15, -0.1) is 0 Å². The molecule has 0 aromatic heterocycles. The van der Waals surface area contributed by atoms with Crippen LogP contribution in [0, 0.1) is 0 Å². The van der Waals surface area contributed by atoms with Crippen LogP contribution in [0.25, 0.3) is 0 Å². The Labute approximate surface area is 170 Å². The van der Waals surface area contributed by atoms with Crippen LogP contribution >= 0.6 is 0 Å². The zero-order chi connectivity index (χ0) is 19.8.